The van der Waals surface area contributed by atoms with Crippen molar-refractivity contribution >= 4 is 0 Å². The molecule has 0 N–H and O–H groups in total. The van der Waals surface area contributed by atoms with Gasteiger partial charge in [0.25, 0.3) is 5.56 Å². The third kappa shape index (κ3) is 4.04. The van der Waals surface area contributed by atoms with Crippen LogP contribution >= 0.6 is 0 Å². The van der Waals surface area contributed by atoms with Gasteiger partial charge in [-0.1, -0.05) is 91.0 Å². The van der Waals surface area contributed by atoms with Crippen LogP contribution < -0.4 is 10.4 Å². The zero-order valence-corrected chi connectivity index (χ0v) is 15.5. The van der Waals surface area contributed by atoms with Gasteiger partial charge in [0.1, 0.15) is 6.61 Å². The predicted octanol–water partition coefficient (Wildman–Crippen LogP) is 4.85. The van der Waals surface area contributed by atoms with Crippen molar-refractivity contribution in [2.75, 3.05) is 6.61 Å². The second-order valence-corrected chi connectivity index (χ2v) is 6.56. The van der Waals surface area contributed by atoms with Crippen molar-refractivity contribution in [1.29, 1.82) is 0 Å². The summed E-state index contributed by atoms with van der Waals surface area (Å²) >= 11 is 0. The molecule has 4 rings (SSSR count). The molecule has 3 nitrogen and oxygen atoms in total. The van der Waals surface area contributed by atoms with Crippen LogP contribution in [0.25, 0.3) is 22.4 Å². The van der Waals surface area contributed by atoms with Crippen molar-refractivity contribution in [2.45, 2.75) is 6.42 Å². The summed E-state index contributed by atoms with van der Waals surface area (Å²) in [6, 6.07) is 33.5. The lowest BCUT2D eigenvalue weighted by Crippen LogP contribution is -2.29. The quantitative estimate of drug-likeness (QED) is 0.488. The molecule has 0 aliphatic rings. The van der Waals surface area contributed by atoms with Crippen molar-refractivity contribution < 1.29 is 4.84 Å². The molecule has 138 valence electrons. The van der Waals surface area contributed by atoms with E-state index in [0.717, 1.165) is 28.8 Å². The van der Waals surface area contributed by atoms with E-state index in [2.05, 4.69) is 12.1 Å². The van der Waals surface area contributed by atoms with Crippen molar-refractivity contribution in [1.82, 2.24) is 4.73 Å². The van der Waals surface area contributed by atoms with Gasteiger partial charge in [0.05, 0.1) is 5.69 Å². The number of rotatable bonds is 6. The molecule has 28 heavy (non-hydrogen) atoms. The average molecular weight is 367 g/mol. The number of nitrogens with zero attached hydrogens (tertiary/aromatic N) is 1. The molecule has 0 spiro atoms. The van der Waals surface area contributed by atoms with Crippen LogP contribution in [-0.2, 0) is 6.42 Å². The van der Waals surface area contributed by atoms with Crippen LogP contribution in [0.15, 0.2) is 108 Å². The predicted molar refractivity (Wildman–Crippen MR) is 113 cm³/mol. The van der Waals surface area contributed by atoms with Gasteiger partial charge in [0, 0.05) is 18.1 Å². The molecule has 0 saturated heterocycles. The molecular weight excluding hydrogens is 346 g/mol. The average Bonchev–Trinajstić information content (AvgIpc) is 2.76. The molecule has 0 saturated carbocycles. The molecule has 0 bridgehead atoms. The van der Waals surface area contributed by atoms with Gasteiger partial charge in [-0.3, -0.25) is 4.79 Å². The highest BCUT2D eigenvalue weighted by atomic mass is 16.7. The molecule has 0 amide bonds. The number of pyridine rings is 1. The van der Waals surface area contributed by atoms with Gasteiger partial charge in [-0.25, -0.2) is 0 Å². The molecular formula is C25H21NO2. The Kier molecular flexibility index (Phi) is 5.34. The summed E-state index contributed by atoms with van der Waals surface area (Å²) in [6.07, 6.45) is 0.738. The zero-order valence-electron chi connectivity index (χ0n) is 15.5. The summed E-state index contributed by atoms with van der Waals surface area (Å²) in [6.45, 7) is 0.425. The fourth-order valence-corrected chi connectivity index (χ4v) is 3.20. The van der Waals surface area contributed by atoms with Gasteiger partial charge in [-0.05, 0) is 22.8 Å². The number of hydrogen-bond acceptors (Lipinski definition) is 2. The van der Waals surface area contributed by atoms with Crippen LogP contribution in [0.4, 0.5) is 0 Å². The molecule has 3 heteroatoms. The lowest BCUT2D eigenvalue weighted by molar-refractivity contribution is 0.108. The summed E-state index contributed by atoms with van der Waals surface area (Å²) in [5.41, 5.74) is 4.59. The highest BCUT2D eigenvalue weighted by Gasteiger charge is 2.11. The van der Waals surface area contributed by atoms with Crippen LogP contribution in [0.5, 0.6) is 0 Å². The molecule has 0 aliphatic heterocycles. The maximum absolute atomic E-state index is 12.9. The van der Waals surface area contributed by atoms with Gasteiger partial charge < -0.3 is 4.84 Å². The van der Waals surface area contributed by atoms with Crippen molar-refractivity contribution in [2.24, 2.45) is 0 Å². The molecule has 3 aromatic carbocycles. The maximum Gasteiger partial charge on any atom is 0.284 e. The lowest BCUT2D eigenvalue weighted by Gasteiger charge is -2.15. The van der Waals surface area contributed by atoms with E-state index in [1.165, 1.54) is 10.3 Å². The Bertz CT molecular complexity index is 1090. The Balaban J connectivity index is 1.69. The first-order valence-corrected chi connectivity index (χ1v) is 9.36. The highest BCUT2D eigenvalue weighted by Crippen LogP contribution is 2.24. The largest absolute Gasteiger partial charge is 0.410 e. The molecule has 4 aromatic rings. The minimum atomic E-state index is -0.173. The van der Waals surface area contributed by atoms with Crippen LogP contribution in [0.1, 0.15) is 5.56 Å². The van der Waals surface area contributed by atoms with Gasteiger partial charge in [-0.2, -0.15) is 0 Å². The Hall–Kier alpha value is -3.59. The minimum Gasteiger partial charge on any atom is -0.410 e. The molecule has 1 aromatic heterocycles. The maximum atomic E-state index is 12.9. The summed E-state index contributed by atoms with van der Waals surface area (Å²) in [4.78, 5) is 18.8. The van der Waals surface area contributed by atoms with Crippen molar-refractivity contribution in [3.63, 3.8) is 0 Å². The van der Waals surface area contributed by atoms with E-state index in [1.807, 2.05) is 84.9 Å². The fourth-order valence-electron chi connectivity index (χ4n) is 3.20. The molecule has 1 heterocycles. The third-order valence-electron chi connectivity index (χ3n) is 4.62. The lowest BCUT2D eigenvalue weighted by atomic mass is 10.0. The Labute approximate surface area is 164 Å². The number of benzene rings is 3. The monoisotopic (exact) mass is 367 g/mol. The van der Waals surface area contributed by atoms with E-state index in [4.69, 9.17) is 4.84 Å². The Morgan fingerprint density at radius 2 is 1.21 bits per heavy atom. The minimum absolute atomic E-state index is 0.173. The van der Waals surface area contributed by atoms with Crippen LogP contribution in [0.2, 0.25) is 0 Å². The molecule has 0 fully saturated rings. The Morgan fingerprint density at radius 3 is 1.86 bits per heavy atom. The smallest absolute Gasteiger partial charge is 0.284 e. The molecule has 0 atom stereocenters. The third-order valence-corrected chi connectivity index (χ3v) is 4.62. The van der Waals surface area contributed by atoms with E-state index in [9.17, 15) is 4.79 Å². The van der Waals surface area contributed by atoms with E-state index >= 15 is 0 Å². The molecule has 0 unspecified atom stereocenters. The topological polar surface area (TPSA) is 31.2 Å². The Morgan fingerprint density at radius 1 is 0.643 bits per heavy atom. The number of aromatic nitrogens is 1. The van der Waals surface area contributed by atoms with E-state index in [0.29, 0.717) is 6.61 Å². The SMILES string of the molecule is O=c1cc(-c2ccccc2)cc(-c2ccccc2)n1OCCc1ccccc1. The first-order valence-electron chi connectivity index (χ1n) is 9.36. The van der Waals surface area contributed by atoms with Crippen molar-refractivity contribution in [3.8, 4) is 22.4 Å². The van der Waals surface area contributed by atoms with Gasteiger partial charge >= 0.3 is 0 Å². The fraction of sp³-hybridized carbons (Fsp3) is 0.0800. The van der Waals surface area contributed by atoms with Gasteiger partial charge in [0.15, 0.2) is 0 Å². The van der Waals surface area contributed by atoms with Crippen LogP contribution in [0.3, 0.4) is 0 Å². The highest BCUT2D eigenvalue weighted by molar-refractivity contribution is 5.70. The summed E-state index contributed by atoms with van der Waals surface area (Å²) in [7, 11) is 0. The van der Waals surface area contributed by atoms with Gasteiger partial charge in [-0.15, -0.1) is 4.73 Å². The van der Waals surface area contributed by atoms with Crippen LogP contribution in [-0.4, -0.2) is 11.3 Å². The summed E-state index contributed by atoms with van der Waals surface area (Å²) in [5.74, 6) is 0. The first-order chi connectivity index (χ1) is 13.8. The molecule has 0 aliphatic carbocycles. The first kappa shape index (κ1) is 17.8. The van der Waals surface area contributed by atoms with Crippen molar-refractivity contribution in [3.05, 3.63) is 119 Å². The second kappa shape index (κ2) is 8.40. The van der Waals surface area contributed by atoms with Gasteiger partial charge in [0.2, 0.25) is 0 Å². The van der Waals surface area contributed by atoms with E-state index in [-0.39, 0.29) is 5.56 Å². The molecule has 0 radical (unpaired) electrons. The van der Waals surface area contributed by atoms with Crippen LogP contribution in [0, 0.1) is 0 Å². The van der Waals surface area contributed by atoms with E-state index < -0.39 is 0 Å². The normalized spacial score (nSPS) is 10.6. The zero-order chi connectivity index (χ0) is 19.2. The number of hydrogen-bond donors (Lipinski definition) is 0. The summed E-state index contributed by atoms with van der Waals surface area (Å²) in [5, 5.41) is 0. The second-order valence-electron chi connectivity index (χ2n) is 6.56. The summed E-state index contributed by atoms with van der Waals surface area (Å²) < 4.78 is 1.41. The van der Waals surface area contributed by atoms with E-state index in [1.54, 1.807) is 6.07 Å². The standard InChI is InChI=1S/C25H21NO2/c27-25-19-23(21-12-6-2-7-13-21)18-24(22-14-8-3-9-15-22)26(25)28-17-16-20-10-4-1-5-11-20/h1-15,18-19H,16-17H2.